The predicted octanol–water partition coefficient (Wildman–Crippen LogP) is 5.19. The molecule has 130 valence electrons. The predicted molar refractivity (Wildman–Crippen MR) is 104 cm³/mol. The molecular weight excluding hydrogens is 366 g/mol. The maximum absolute atomic E-state index is 5.41. The summed E-state index contributed by atoms with van der Waals surface area (Å²) in [4.78, 5) is 4.49. The molecule has 26 heavy (non-hydrogen) atoms. The van der Waals surface area contributed by atoms with Gasteiger partial charge in [-0.3, -0.25) is 0 Å². The van der Waals surface area contributed by atoms with Crippen LogP contribution in [0.25, 0.3) is 11.4 Å². The van der Waals surface area contributed by atoms with Crippen LogP contribution in [0.2, 0.25) is 0 Å². The van der Waals surface area contributed by atoms with Crippen LogP contribution in [0.4, 0.5) is 10.8 Å². The number of para-hydroxylation sites is 1. The highest BCUT2D eigenvalue weighted by Crippen LogP contribution is 2.37. The Morgan fingerprint density at radius 1 is 1.00 bits per heavy atom. The maximum atomic E-state index is 5.41. The fourth-order valence-electron chi connectivity index (χ4n) is 2.26. The van der Waals surface area contributed by atoms with E-state index >= 15 is 0 Å². The summed E-state index contributed by atoms with van der Waals surface area (Å²) >= 11 is 3.04. The number of anilines is 2. The molecule has 0 amide bonds. The van der Waals surface area contributed by atoms with Gasteiger partial charge in [-0.1, -0.05) is 76.8 Å². The van der Waals surface area contributed by atoms with Crippen molar-refractivity contribution in [2.45, 2.75) is 16.5 Å². The normalized spacial score (nSPS) is 12.0. The Morgan fingerprint density at radius 2 is 1.73 bits per heavy atom. The van der Waals surface area contributed by atoms with Gasteiger partial charge in [0.15, 0.2) is 4.34 Å². The molecule has 1 unspecified atom stereocenters. The van der Waals surface area contributed by atoms with Gasteiger partial charge in [-0.25, -0.2) is 0 Å². The van der Waals surface area contributed by atoms with E-state index < -0.39 is 0 Å². The van der Waals surface area contributed by atoms with Crippen molar-refractivity contribution < 1.29 is 4.52 Å². The Kier molecular flexibility index (Phi) is 4.94. The number of benzene rings is 2. The lowest BCUT2D eigenvalue weighted by Crippen LogP contribution is -1.89. The summed E-state index contributed by atoms with van der Waals surface area (Å²) in [6, 6.07) is 19.7. The number of hydrogen-bond acceptors (Lipinski definition) is 8. The Bertz CT molecular complexity index is 971. The van der Waals surface area contributed by atoms with Crippen molar-refractivity contribution in [2.75, 3.05) is 5.32 Å². The summed E-state index contributed by atoms with van der Waals surface area (Å²) in [5.74, 6) is 1.17. The van der Waals surface area contributed by atoms with Gasteiger partial charge in [0.1, 0.15) is 0 Å². The molecule has 2 aromatic carbocycles. The van der Waals surface area contributed by atoms with E-state index in [-0.39, 0.29) is 5.25 Å². The van der Waals surface area contributed by atoms with Crippen molar-refractivity contribution in [1.29, 1.82) is 0 Å². The summed E-state index contributed by atoms with van der Waals surface area (Å²) < 4.78 is 6.26. The van der Waals surface area contributed by atoms with Crippen LogP contribution in [0.15, 0.2) is 69.5 Å². The number of nitrogens with one attached hydrogen (secondary N) is 1. The fourth-order valence-corrected chi connectivity index (χ4v) is 4.21. The summed E-state index contributed by atoms with van der Waals surface area (Å²) in [6.07, 6.45) is 0. The smallest absolute Gasteiger partial charge is 0.240 e. The molecule has 1 N–H and O–H groups in total. The quantitative estimate of drug-likeness (QED) is 0.461. The monoisotopic (exact) mass is 381 g/mol. The summed E-state index contributed by atoms with van der Waals surface area (Å²) in [5.41, 5.74) is 1.92. The second kappa shape index (κ2) is 7.67. The van der Waals surface area contributed by atoms with Crippen molar-refractivity contribution in [3.8, 4) is 11.4 Å². The molecule has 1 atom stereocenters. The lowest BCUT2D eigenvalue weighted by Gasteiger charge is -2.02. The zero-order chi connectivity index (χ0) is 17.8. The van der Waals surface area contributed by atoms with Crippen LogP contribution in [0.5, 0.6) is 0 Å². The van der Waals surface area contributed by atoms with E-state index in [1.807, 2.05) is 67.6 Å². The number of rotatable bonds is 6. The lowest BCUT2D eigenvalue weighted by molar-refractivity contribution is 0.381. The first-order valence-corrected chi connectivity index (χ1v) is 9.69. The van der Waals surface area contributed by atoms with Crippen LogP contribution in [0, 0.1) is 0 Å². The van der Waals surface area contributed by atoms with Crippen LogP contribution >= 0.6 is 23.1 Å². The highest BCUT2D eigenvalue weighted by molar-refractivity contribution is 8.01. The first-order chi connectivity index (χ1) is 12.8. The van der Waals surface area contributed by atoms with Gasteiger partial charge in [-0.2, -0.15) is 4.98 Å². The van der Waals surface area contributed by atoms with Crippen molar-refractivity contribution in [3.05, 3.63) is 66.6 Å². The van der Waals surface area contributed by atoms with Crippen molar-refractivity contribution in [1.82, 2.24) is 20.3 Å². The molecule has 6 nitrogen and oxygen atoms in total. The molecule has 4 aromatic rings. The van der Waals surface area contributed by atoms with Gasteiger partial charge in [0.25, 0.3) is 0 Å². The topological polar surface area (TPSA) is 76.7 Å². The molecule has 0 bridgehead atoms. The van der Waals surface area contributed by atoms with Crippen molar-refractivity contribution in [2.24, 2.45) is 0 Å². The minimum atomic E-state index is -0.0162. The summed E-state index contributed by atoms with van der Waals surface area (Å²) in [5, 5.41) is 16.4. The van der Waals surface area contributed by atoms with Gasteiger partial charge < -0.3 is 9.84 Å². The first-order valence-electron chi connectivity index (χ1n) is 7.99. The van der Waals surface area contributed by atoms with Gasteiger partial charge >= 0.3 is 0 Å². The number of thioether (sulfide) groups is 1. The third-order valence-electron chi connectivity index (χ3n) is 3.53. The molecule has 0 aliphatic carbocycles. The van der Waals surface area contributed by atoms with Gasteiger partial charge in [-0.15, -0.1) is 10.2 Å². The molecule has 0 saturated carbocycles. The molecule has 8 heteroatoms. The average molecular weight is 381 g/mol. The molecule has 0 saturated heterocycles. The lowest BCUT2D eigenvalue weighted by atomic mass is 10.2. The third-order valence-corrected chi connectivity index (χ3v) is 5.54. The summed E-state index contributed by atoms with van der Waals surface area (Å²) in [6.45, 7) is 2.01. The van der Waals surface area contributed by atoms with E-state index in [4.69, 9.17) is 4.52 Å². The Hall–Kier alpha value is -2.71. The molecular formula is C18H15N5OS2. The van der Waals surface area contributed by atoms with Crippen LogP contribution < -0.4 is 5.32 Å². The standard InChI is InChI=1S/C18H15N5OS2/c1-12(16-20-15(23-24-16)13-8-4-2-5-9-13)25-18-22-21-17(26-18)19-14-10-6-3-7-11-14/h2-12H,1H3,(H,19,21). The van der Waals surface area contributed by atoms with E-state index in [1.165, 1.54) is 11.3 Å². The zero-order valence-corrected chi connectivity index (χ0v) is 15.5. The second-order valence-corrected chi connectivity index (χ2v) is 8.01. The van der Waals surface area contributed by atoms with Crippen LogP contribution in [0.3, 0.4) is 0 Å². The molecule has 0 radical (unpaired) electrons. The number of aromatic nitrogens is 4. The summed E-state index contributed by atoms with van der Waals surface area (Å²) in [7, 11) is 0. The fraction of sp³-hybridized carbons (Fsp3) is 0.111. The van der Waals surface area contributed by atoms with E-state index in [2.05, 4.69) is 25.7 Å². The van der Waals surface area contributed by atoms with Gasteiger partial charge in [-0.05, 0) is 19.1 Å². The third kappa shape index (κ3) is 3.92. The van der Waals surface area contributed by atoms with Crippen LogP contribution in [-0.2, 0) is 0 Å². The molecule has 0 aliphatic rings. The van der Waals surface area contributed by atoms with Crippen molar-refractivity contribution in [3.63, 3.8) is 0 Å². The molecule has 0 aliphatic heterocycles. The van der Waals surface area contributed by atoms with Gasteiger partial charge in [0, 0.05) is 11.3 Å². The van der Waals surface area contributed by atoms with E-state index in [0.29, 0.717) is 11.7 Å². The molecule has 2 heterocycles. The largest absolute Gasteiger partial charge is 0.338 e. The second-order valence-electron chi connectivity index (χ2n) is 5.45. The minimum absolute atomic E-state index is 0.0162. The molecule has 2 aromatic heterocycles. The number of nitrogens with zero attached hydrogens (tertiary/aromatic N) is 4. The van der Waals surface area contributed by atoms with Crippen molar-refractivity contribution >= 4 is 33.9 Å². The molecule has 0 fully saturated rings. The highest BCUT2D eigenvalue weighted by atomic mass is 32.2. The number of hydrogen-bond donors (Lipinski definition) is 1. The Morgan fingerprint density at radius 3 is 2.50 bits per heavy atom. The van der Waals surface area contributed by atoms with E-state index in [9.17, 15) is 0 Å². The zero-order valence-electron chi connectivity index (χ0n) is 13.9. The van der Waals surface area contributed by atoms with E-state index in [0.717, 1.165) is 20.7 Å². The first kappa shape index (κ1) is 16.7. The molecule has 4 rings (SSSR count). The van der Waals surface area contributed by atoms with Gasteiger partial charge in [0.2, 0.25) is 16.8 Å². The highest BCUT2D eigenvalue weighted by Gasteiger charge is 2.18. The SMILES string of the molecule is CC(Sc1nnc(Nc2ccccc2)s1)c1nc(-c2ccccc2)no1. The van der Waals surface area contributed by atoms with Crippen LogP contribution in [0.1, 0.15) is 18.1 Å². The molecule has 0 spiro atoms. The van der Waals surface area contributed by atoms with E-state index in [1.54, 1.807) is 11.8 Å². The minimum Gasteiger partial charge on any atom is -0.338 e. The van der Waals surface area contributed by atoms with Gasteiger partial charge in [0.05, 0.1) is 5.25 Å². The Balaban J connectivity index is 1.42. The maximum Gasteiger partial charge on any atom is 0.240 e. The Labute approximate surface area is 158 Å². The average Bonchev–Trinajstić information content (AvgIpc) is 3.33. The van der Waals surface area contributed by atoms with Crippen LogP contribution in [-0.4, -0.2) is 20.3 Å².